The number of alkyl halides is 1. The molecule has 0 amide bonds. The molecule has 12 heavy (non-hydrogen) atoms. The Kier molecular flexibility index (Phi) is 3.53. The fourth-order valence-corrected chi connectivity index (χ4v) is 1.14. The maximum atomic E-state index is 9.33. The number of aliphatic hydroxyl groups is 1. The molecule has 0 aliphatic heterocycles. The van der Waals surface area contributed by atoms with Crippen molar-refractivity contribution in [1.82, 2.24) is 0 Å². The molecular formula is C9H12ClNO. The molecule has 0 bridgehead atoms. The number of nitrogens with two attached hydrogens (primary N) is 1. The van der Waals surface area contributed by atoms with Crippen molar-refractivity contribution in [2.45, 2.75) is 12.0 Å². The van der Waals surface area contributed by atoms with Crippen LogP contribution in [-0.4, -0.2) is 11.7 Å². The van der Waals surface area contributed by atoms with Crippen LogP contribution in [0.4, 0.5) is 0 Å². The van der Waals surface area contributed by atoms with E-state index in [9.17, 15) is 5.11 Å². The van der Waals surface area contributed by atoms with Crippen molar-refractivity contribution in [3.8, 4) is 0 Å². The summed E-state index contributed by atoms with van der Waals surface area (Å²) in [7, 11) is 0. The minimum atomic E-state index is -0.561. The Morgan fingerprint density at radius 1 is 1.33 bits per heavy atom. The zero-order chi connectivity index (χ0) is 8.97. The molecule has 1 atom stereocenters. The molecule has 1 rings (SSSR count). The van der Waals surface area contributed by atoms with Gasteiger partial charge < -0.3 is 10.8 Å². The molecule has 1 aromatic carbocycles. The molecule has 2 nitrogen and oxygen atoms in total. The summed E-state index contributed by atoms with van der Waals surface area (Å²) in [6.45, 7) is 0.250. The quantitative estimate of drug-likeness (QED) is 0.700. The summed E-state index contributed by atoms with van der Waals surface area (Å²) in [5.41, 5.74) is 7.18. The fourth-order valence-electron chi connectivity index (χ4n) is 0.965. The third kappa shape index (κ3) is 2.21. The summed E-state index contributed by atoms with van der Waals surface area (Å²) in [5, 5.41) is 9.33. The lowest BCUT2D eigenvalue weighted by atomic mass is 10.1. The molecule has 0 aliphatic carbocycles. The van der Waals surface area contributed by atoms with Gasteiger partial charge in [0.1, 0.15) is 0 Å². The summed E-state index contributed by atoms with van der Waals surface area (Å²) < 4.78 is 0. The Morgan fingerprint density at radius 3 is 2.33 bits per heavy atom. The molecule has 0 heterocycles. The number of hydrogen-bond donors (Lipinski definition) is 2. The van der Waals surface area contributed by atoms with E-state index in [2.05, 4.69) is 0 Å². The SMILES string of the molecule is NCC(O)c1ccc(CCl)cc1. The van der Waals surface area contributed by atoms with Crippen LogP contribution in [0.3, 0.4) is 0 Å². The molecule has 0 aromatic heterocycles. The Bertz CT molecular complexity index is 235. The van der Waals surface area contributed by atoms with E-state index in [1.807, 2.05) is 24.3 Å². The third-order valence-electron chi connectivity index (χ3n) is 1.74. The van der Waals surface area contributed by atoms with Crippen LogP contribution in [0.5, 0.6) is 0 Å². The van der Waals surface area contributed by atoms with Gasteiger partial charge in [-0.3, -0.25) is 0 Å². The first-order valence-corrected chi connectivity index (χ1v) is 4.34. The standard InChI is InChI=1S/C9H12ClNO/c10-5-7-1-3-8(4-2-7)9(12)6-11/h1-4,9,12H,5-6,11H2. The van der Waals surface area contributed by atoms with Crippen molar-refractivity contribution in [2.24, 2.45) is 5.73 Å². The highest BCUT2D eigenvalue weighted by atomic mass is 35.5. The fraction of sp³-hybridized carbons (Fsp3) is 0.333. The minimum absolute atomic E-state index is 0.250. The predicted octanol–water partition coefficient (Wildman–Crippen LogP) is 1.42. The molecule has 0 spiro atoms. The lowest BCUT2D eigenvalue weighted by Crippen LogP contribution is -2.11. The van der Waals surface area contributed by atoms with Gasteiger partial charge in [-0.2, -0.15) is 0 Å². The molecule has 0 radical (unpaired) electrons. The highest BCUT2D eigenvalue weighted by Crippen LogP contribution is 2.13. The van der Waals surface area contributed by atoms with E-state index < -0.39 is 6.10 Å². The summed E-state index contributed by atoms with van der Waals surface area (Å²) >= 11 is 5.61. The number of hydrogen-bond acceptors (Lipinski definition) is 2. The maximum Gasteiger partial charge on any atom is 0.0912 e. The third-order valence-corrected chi connectivity index (χ3v) is 2.05. The number of benzene rings is 1. The van der Waals surface area contributed by atoms with Crippen molar-refractivity contribution in [3.05, 3.63) is 35.4 Å². The van der Waals surface area contributed by atoms with E-state index in [0.717, 1.165) is 11.1 Å². The zero-order valence-corrected chi connectivity index (χ0v) is 7.46. The lowest BCUT2D eigenvalue weighted by Gasteiger charge is -2.07. The predicted molar refractivity (Wildman–Crippen MR) is 50.0 cm³/mol. The van der Waals surface area contributed by atoms with Crippen LogP contribution >= 0.6 is 11.6 Å². The van der Waals surface area contributed by atoms with Gasteiger partial charge in [0.15, 0.2) is 0 Å². The summed E-state index contributed by atoms with van der Waals surface area (Å²) in [5.74, 6) is 0.499. The van der Waals surface area contributed by atoms with Gasteiger partial charge in [-0.15, -0.1) is 11.6 Å². The van der Waals surface area contributed by atoms with Crippen molar-refractivity contribution < 1.29 is 5.11 Å². The number of halogens is 1. The second-order valence-corrected chi connectivity index (χ2v) is 2.89. The van der Waals surface area contributed by atoms with E-state index in [1.165, 1.54) is 0 Å². The normalized spacial score (nSPS) is 12.9. The Hall–Kier alpha value is -0.570. The van der Waals surface area contributed by atoms with Crippen LogP contribution in [0.1, 0.15) is 17.2 Å². The number of aliphatic hydroxyl groups excluding tert-OH is 1. The van der Waals surface area contributed by atoms with Crippen molar-refractivity contribution in [3.63, 3.8) is 0 Å². The van der Waals surface area contributed by atoms with Crippen LogP contribution < -0.4 is 5.73 Å². The summed E-state index contributed by atoms with van der Waals surface area (Å²) in [6, 6.07) is 7.47. The van der Waals surface area contributed by atoms with Crippen molar-refractivity contribution in [1.29, 1.82) is 0 Å². The van der Waals surface area contributed by atoms with Crippen LogP contribution in [0, 0.1) is 0 Å². The van der Waals surface area contributed by atoms with E-state index in [4.69, 9.17) is 17.3 Å². The molecule has 0 saturated heterocycles. The topological polar surface area (TPSA) is 46.2 Å². The van der Waals surface area contributed by atoms with Gasteiger partial charge >= 0.3 is 0 Å². The van der Waals surface area contributed by atoms with E-state index >= 15 is 0 Å². The van der Waals surface area contributed by atoms with Gasteiger partial charge in [0.25, 0.3) is 0 Å². The molecule has 66 valence electrons. The van der Waals surface area contributed by atoms with Crippen LogP contribution in [0.15, 0.2) is 24.3 Å². The molecule has 3 N–H and O–H groups in total. The minimum Gasteiger partial charge on any atom is -0.387 e. The zero-order valence-electron chi connectivity index (χ0n) is 6.70. The monoisotopic (exact) mass is 185 g/mol. The smallest absolute Gasteiger partial charge is 0.0912 e. The lowest BCUT2D eigenvalue weighted by molar-refractivity contribution is 0.187. The second kappa shape index (κ2) is 4.45. The molecule has 1 aromatic rings. The van der Waals surface area contributed by atoms with E-state index in [1.54, 1.807) is 0 Å². The molecular weight excluding hydrogens is 174 g/mol. The first-order chi connectivity index (χ1) is 5.77. The van der Waals surface area contributed by atoms with Crippen molar-refractivity contribution >= 4 is 11.6 Å². The first kappa shape index (κ1) is 9.52. The molecule has 1 unspecified atom stereocenters. The molecule has 0 fully saturated rings. The molecule has 0 saturated carbocycles. The molecule has 3 heteroatoms. The highest BCUT2D eigenvalue weighted by Gasteiger charge is 2.03. The Morgan fingerprint density at radius 2 is 1.92 bits per heavy atom. The summed E-state index contributed by atoms with van der Waals surface area (Å²) in [4.78, 5) is 0. The number of rotatable bonds is 3. The van der Waals surface area contributed by atoms with Crippen LogP contribution in [0.25, 0.3) is 0 Å². The highest BCUT2D eigenvalue weighted by molar-refractivity contribution is 6.17. The second-order valence-electron chi connectivity index (χ2n) is 2.63. The van der Waals surface area contributed by atoms with Crippen LogP contribution in [0.2, 0.25) is 0 Å². The first-order valence-electron chi connectivity index (χ1n) is 3.81. The van der Waals surface area contributed by atoms with E-state index in [0.29, 0.717) is 5.88 Å². The van der Waals surface area contributed by atoms with Gasteiger partial charge in [-0.05, 0) is 11.1 Å². The van der Waals surface area contributed by atoms with Gasteiger partial charge in [-0.1, -0.05) is 24.3 Å². The van der Waals surface area contributed by atoms with Gasteiger partial charge in [0, 0.05) is 12.4 Å². The Balaban J connectivity index is 2.77. The molecule has 0 aliphatic rings. The van der Waals surface area contributed by atoms with Gasteiger partial charge in [-0.25, -0.2) is 0 Å². The van der Waals surface area contributed by atoms with Gasteiger partial charge in [0.2, 0.25) is 0 Å². The average molecular weight is 186 g/mol. The van der Waals surface area contributed by atoms with Crippen LogP contribution in [-0.2, 0) is 5.88 Å². The maximum absolute atomic E-state index is 9.33. The van der Waals surface area contributed by atoms with E-state index in [-0.39, 0.29) is 6.54 Å². The van der Waals surface area contributed by atoms with Gasteiger partial charge in [0.05, 0.1) is 6.10 Å². The summed E-state index contributed by atoms with van der Waals surface area (Å²) in [6.07, 6.45) is -0.561. The average Bonchev–Trinajstić information content (AvgIpc) is 2.17. The Labute approximate surface area is 77.0 Å². The van der Waals surface area contributed by atoms with Crippen molar-refractivity contribution in [2.75, 3.05) is 6.54 Å². The largest absolute Gasteiger partial charge is 0.387 e.